The third-order valence-electron chi connectivity index (χ3n) is 2.04. The fourth-order valence-electron chi connectivity index (χ4n) is 1.37. The Morgan fingerprint density at radius 2 is 2.14 bits per heavy atom. The summed E-state index contributed by atoms with van der Waals surface area (Å²) in [7, 11) is 1.51. The van der Waals surface area contributed by atoms with Gasteiger partial charge >= 0.3 is 0 Å². The topological polar surface area (TPSA) is 44.5 Å². The minimum absolute atomic E-state index is 0.178. The molecular weight excluding hydrogens is 185 g/mol. The summed E-state index contributed by atoms with van der Waals surface area (Å²) < 4.78 is 18.5. The first-order valence-corrected chi connectivity index (χ1v) is 4.39. The molecule has 0 spiro atoms. The Kier molecular flexibility index (Phi) is 3.85. The third-order valence-corrected chi connectivity index (χ3v) is 2.04. The van der Waals surface area contributed by atoms with E-state index in [1.807, 2.05) is 6.92 Å². The van der Waals surface area contributed by atoms with Crippen molar-refractivity contribution >= 4 is 0 Å². The lowest BCUT2D eigenvalue weighted by Crippen LogP contribution is -2.02. The molecule has 0 fully saturated rings. The number of hydrogen-bond donors (Lipinski definition) is 1. The van der Waals surface area contributed by atoms with E-state index in [0.29, 0.717) is 23.3 Å². The van der Waals surface area contributed by atoms with Gasteiger partial charge in [-0.15, -0.1) is 0 Å². The van der Waals surface area contributed by atoms with Gasteiger partial charge in [0.1, 0.15) is 11.6 Å². The molecular formula is C10H14FNO2. The van der Waals surface area contributed by atoms with Gasteiger partial charge in [-0.3, -0.25) is 4.84 Å². The van der Waals surface area contributed by atoms with Crippen molar-refractivity contribution in [2.75, 3.05) is 7.11 Å². The van der Waals surface area contributed by atoms with Gasteiger partial charge in [0.25, 0.3) is 0 Å². The van der Waals surface area contributed by atoms with Gasteiger partial charge in [0, 0.05) is 5.56 Å². The Labute approximate surface area is 82.6 Å². The van der Waals surface area contributed by atoms with Crippen LogP contribution in [0.1, 0.15) is 18.1 Å². The van der Waals surface area contributed by atoms with Crippen molar-refractivity contribution in [2.45, 2.75) is 20.0 Å². The zero-order valence-electron chi connectivity index (χ0n) is 8.34. The molecule has 0 saturated heterocycles. The molecule has 0 bridgehead atoms. The number of nitrogens with two attached hydrogens (primary N) is 1. The van der Waals surface area contributed by atoms with E-state index in [0.717, 1.165) is 0 Å². The maximum Gasteiger partial charge on any atom is 0.130 e. The molecule has 14 heavy (non-hydrogen) atoms. The maximum absolute atomic E-state index is 13.4. The SMILES string of the molecule is CCc1c(F)cc(CON)cc1OC. The maximum atomic E-state index is 13.4. The number of halogens is 1. The quantitative estimate of drug-likeness (QED) is 0.752. The van der Waals surface area contributed by atoms with Crippen LogP contribution < -0.4 is 10.6 Å². The number of methoxy groups -OCH3 is 1. The first-order chi connectivity index (χ1) is 6.72. The minimum Gasteiger partial charge on any atom is -0.496 e. The van der Waals surface area contributed by atoms with E-state index in [4.69, 9.17) is 10.6 Å². The molecule has 0 aliphatic heterocycles. The molecule has 0 aliphatic rings. The van der Waals surface area contributed by atoms with E-state index in [1.165, 1.54) is 13.2 Å². The molecule has 4 heteroatoms. The fourth-order valence-corrected chi connectivity index (χ4v) is 1.37. The van der Waals surface area contributed by atoms with Crippen molar-refractivity contribution in [3.05, 3.63) is 29.1 Å². The summed E-state index contributed by atoms with van der Waals surface area (Å²) in [5.74, 6) is 5.17. The molecule has 0 aromatic heterocycles. The van der Waals surface area contributed by atoms with E-state index in [1.54, 1.807) is 6.07 Å². The molecule has 78 valence electrons. The number of ether oxygens (including phenoxy) is 1. The van der Waals surface area contributed by atoms with Crippen LogP contribution in [-0.4, -0.2) is 7.11 Å². The van der Waals surface area contributed by atoms with Gasteiger partial charge in [-0.25, -0.2) is 10.3 Å². The van der Waals surface area contributed by atoms with Crippen molar-refractivity contribution in [1.29, 1.82) is 0 Å². The van der Waals surface area contributed by atoms with Crippen molar-refractivity contribution in [3.8, 4) is 5.75 Å². The van der Waals surface area contributed by atoms with Crippen molar-refractivity contribution < 1.29 is 14.0 Å². The number of benzene rings is 1. The van der Waals surface area contributed by atoms with E-state index in [-0.39, 0.29) is 12.4 Å². The van der Waals surface area contributed by atoms with Crippen molar-refractivity contribution in [2.24, 2.45) is 5.90 Å². The third kappa shape index (κ3) is 2.21. The largest absolute Gasteiger partial charge is 0.496 e. The van der Waals surface area contributed by atoms with E-state index >= 15 is 0 Å². The Morgan fingerprint density at radius 1 is 1.43 bits per heavy atom. The van der Waals surface area contributed by atoms with Gasteiger partial charge in [-0.05, 0) is 24.1 Å². The monoisotopic (exact) mass is 199 g/mol. The summed E-state index contributed by atoms with van der Waals surface area (Å²) in [6.07, 6.45) is 0.596. The Balaban J connectivity index is 3.10. The Hall–Kier alpha value is -1.13. The van der Waals surface area contributed by atoms with Gasteiger partial charge in [0.15, 0.2) is 0 Å². The highest BCUT2D eigenvalue weighted by Crippen LogP contribution is 2.24. The van der Waals surface area contributed by atoms with Crippen LogP contribution in [0.5, 0.6) is 5.75 Å². The molecule has 0 amide bonds. The average molecular weight is 199 g/mol. The summed E-state index contributed by atoms with van der Waals surface area (Å²) >= 11 is 0. The Morgan fingerprint density at radius 3 is 2.64 bits per heavy atom. The highest BCUT2D eigenvalue weighted by atomic mass is 19.1. The fraction of sp³-hybridized carbons (Fsp3) is 0.400. The predicted octanol–water partition coefficient (Wildman–Crippen LogP) is 1.79. The normalized spacial score (nSPS) is 10.3. The average Bonchev–Trinajstić information content (AvgIpc) is 2.17. The lowest BCUT2D eigenvalue weighted by atomic mass is 10.1. The molecule has 3 nitrogen and oxygen atoms in total. The van der Waals surface area contributed by atoms with Crippen LogP contribution in [0.3, 0.4) is 0 Å². The first-order valence-electron chi connectivity index (χ1n) is 4.39. The van der Waals surface area contributed by atoms with E-state index in [2.05, 4.69) is 4.84 Å². The van der Waals surface area contributed by atoms with E-state index in [9.17, 15) is 4.39 Å². The highest BCUT2D eigenvalue weighted by molar-refractivity contribution is 5.38. The summed E-state index contributed by atoms with van der Waals surface area (Å²) in [4.78, 5) is 4.43. The van der Waals surface area contributed by atoms with Gasteiger partial charge in [-0.2, -0.15) is 0 Å². The van der Waals surface area contributed by atoms with Gasteiger partial charge < -0.3 is 4.74 Å². The molecule has 0 atom stereocenters. The van der Waals surface area contributed by atoms with Gasteiger partial charge in [0.05, 0.1) is 13.7 Å². The molecule has 1 aromatic carbocycles. The van der Waals surface area contributed by atoms with Crippen LogP contribution in [0, 0.1) is 5.82 Å². The smallest absolute Gasteiger partial charge is 0.130 e. The number of rotatable bonds is 4. The highest BCUT2D eigenvalue weighted by Gasteiger charge is 2.09. The molecule has 0 unspecified atom stereocenters. The second kappa shape index (κ2) is 4.93. The van der Waals surface area contributed by atoms with Crippen LogP contribution in [0.4, 0.5) is 4.39 Å². The zero-order chi connectivity index (χ0) is 10.6. The second-order valence-corrected chi connectivity index (χ2v) is 2.92. The lowest BCUT2D eigenvalue weighted by Gasteiger charge is -2.10. The van der Waals surface area contributed by atoms with Gasteiger partial charge in [0.2, 0.25) is 0 Å². The van der Waals surface area contributed by atoms with E-state index < -0.39 is 0 Å². The first kappa shape index (κ1) is 10.9. The minimum atomic E-state index is -0.279. The zero-order valence-corrected chi connectivity index (χ0v) is 8.34. The summed E-state index contributed by atoms with van der Waals surface area (Å²) in [5, 5.41) is 0. The van der Waals surface area contributed by atoms with Crippen molar-refractivity contribution in [3.63, 3.8) is 0 Å². The van der Waals surface area contributed by atoms with Crippen LogP contribution in [0.25, 0.3) is 0 Å². The molecule has 0 aliphatic carbocycles. The summed E-state index contributed by atoms with van der Waals surface area (Å²) in [5.41, 5.74) is 1.24. The van der Waals surface area contributed by atoms with Crippen LogP contribution in [-0.2, 0) is 17.9 Å². The van der Waals surface area contributed by atoms with Crippen LogP contribution in [0.15, 0.2) is 12.1 Å². The molecule has 0 heterocycles. The van der Waals surface area contributed by atoms with Crippen molar-refractivity contribution in [1.82, 2.24) is 0 Å². The standard InChI is InChI=1S/C10H14FNO2/c1-3-8-9(11)4-7(6-14-12)5-10(8)13-2/h4-5H,3,6,12H2,1-2H3. The number of hydrogen-bond acceptors (Lipinski definition) is 3. The summed E-state index contributed by atoms with van der Waals surface area (Å²) in [6.45, 7) is 2.05. The lowest BCUT2D eigenvalue weighted by molar-refractivity contribution is 0.123. The molecule has 2 N–H and O–H groups in total. The molecule has 0 saturated carbocycles. The van der Waals surface area contributed by atoms with Crippen LogP contribution in [0.2, 0.25) is 0 Å². The molecule has 0 radical (unpaired) electrons. The second-order valence-electron chi connectivity index (χ2n) is 2.92. The molecule has 1 aromatic rings. The summed E-state index contributed by atoms with van der Waals surface area (Å²) in [6, 6.07) is 3.14. The van der Waals surface area contributed by atoms with Crippen LogP contribution >= 0.6 is 0 Å². The predicted molar refractivity (Wildman–Crippen MR) is 51.3 cm³/mol. The molecule has 1 rings (SSSR count). The van der Waals surface area contributed by atoms with Gasteiger partial charge in [-0.1, -0.05) is 6.92 Å². The Bertz CT molecular complexity index is 315.